The zero-order valence-electron chi connectivity index (χ0n) is 10.1. The smallest absolute Gasteiger partial charge is 0.115 e. The van der Waals surface area contributed by atoms with Crippen molar-refractivity contribution >= 4 is 0 Å². The molecule has 0 aliphatic rings. The van der Waals surface area contributed by atoms with Crippen molar-refractivity contribution in [1.82, 2.24) is 0 Å². The van der Waals surface area contributed by atoms with Crippen LogP contribution in [0.4, 0.5) is 0 Å². The normalized spacial score (nSPS) is 10.9. The first-order valence-electron chi connectivity index (χ1n) is 5.94. The number of aryl methyl sites for hydroxylation is 1. The van der Waals surface area contributed by atoms with Crippen LogP contribution in [0.5, 0.6) is 5.75 Å². The number of hydrogen-bond acceptors (Lipinski definition) is 1. The summed E-state index contributed by atoms with van der Waals surface area (Å²) in [6.45, 7) is 6.66. The van der Waals surface area contributed by atoms with Crippen molar-refractivity contribution in [2.24, 2.45) is 5.92 Å². The Bertz CT molecular complexity index is 302. The van der Waals surface area contributed by atoms with Gasteiger partial charge in [0.15, 0.2) is 0 Å². The van der Waals surface area contributed by atoms with E-state index in [0.29, 0.717) is 11.7 Å². The molecule has 0 saturated heterocycles. The summed E-state index contributed by atoms with van der Waals surface area (Å²) in [6, 6.07) is 5.79. The molecule has 1 N–H and O–H groups in total. The summed E-state index contributed by atoms with van der Waals surface area (Å²) in [5.74, 6) is 1.07. The third kappa shape index (κ3) is 3.94. The van der Waals surface area contributed by atoms with E-state index in [2.05, 4.69) is 26.8 Å². The fourth-order valence-electron chi connectivity index (χ4n) is 1.85. The number of unbranched alkanes of at least 4 members (excludes halogenated alkanes) is 1. The van der Waals surface area contributed by atoms with Gasteiger partial charge in [0.2, 0.25) is 0 Å². The Morgan fingerprint density at radius 2 is 1.93 bits per heavy atom. The highest BCUT2D eigenvalue weighted by Gasteiger charge is 2.05. The van der Waals surface area contributed by atoms with E-state index in [1.165, 1.54) is 24.0 Å². The monoisotopic (exact) mass is 206 g/mol. The molecule has 1 rings (SSSR count). The van der Waals surface area contributed by atoms with Gasteiger partial charge in [-0.3, -0.25) is 0 Å². The van der Waals surface area contributed by atoms with Crippen molar-refractivity contribution in [3.8, 4) is 5.75 Å². The van der Waals surface area contributed by atoms with E-state index >= 15 is 0 Å². The van der Waals surface area contributed by atoms with Crippen LogP contribution in [0.1, 0.15) is 44.7 Å². The van der Waals surface area contributed by atoms with Gasteiger partial charge in [0, 0.05) is 0 Å². The molecule has 84 valence electrons. The van der Waals surface area contributed by atoms with E-state index < -0.39 is 0 Å². The summed E-state index contributed by atoms with van der Waals surface area (Å²) >= 11 is 0. The maximum atomic E-state index is 9.47. The van der Waals surface area contributed by atoms with Gasteiger partial charge in [-0.1, -0.05) is 33.3 Å². The number of rotatable bonds is 5. The Morgan fingerprint density at radius 3 is 2.53 bits per heavy atom. The van der Waals surface area contributed by atoms with Gasteiger partial charge < -0.3 is 5.11 Å². The lowest BCUT2D eigenvalue weighted by Crippen LogP contribution is -1.99. The third-order valence-corrected chi connectivity index (χ3v) is 2.62. The summed E-state index contributed by atoms with van der Waals surface area (Å²) in [4.78, 5) is 0. The first-order valence-corrected chi connectivity index (χ1v) is 5.94. The molecule has 1 aromatic carbocycles. The Kier molecular flexibility index (Phi) is 4.67. The quantitative estimate of drug-likeness (QED) is 0.773. The SMILES string of the molecule is CCCCc1cc(O)ccc1CC(C)C. The van der Waals surface area contributed by atoms with Gasteiger partial charge in [0.05, 0.1) is 0 Å². The van der Waals surface area contributed by atoms with Crippen molar-refractivity contribution in [2.45, 2.75) is 46.5 Å². The lowest BCUT2D eigenvalue weighted by molar-refractivity contribution is 0.473. The molecular formula is C14H22O. The molecule has 0 bridgehead atoms. The van der Waals surface area contributed by atoms with Gasteiger partial charge in [0.1, 0.15) is 5.75 Å². The van der Waals surface area contributed by atoms with Crippen molar-refractivity contribution in [1.29, 1.82) is 0 Å². The summed E-state index contributed by atoms with van der Waals surface area (Å²) < 4.78 is 0. The van der Waals surface area contributed by atoms with Gasteiger partial charge >= 0.3 is 0 Å². The number of hydrogen-bond donors (Lipinski definition) is 1. The first kappa shape index (κ1) is 12.1. The molecule has 1 heteroatoms. The Hall–Kier alpha value is -0.980. The molecule has 0 fully saturated rings. The standard InChI is InChI=1S/C14H22O/c1-4-5-6-12-10-14(15)8-7-13(12)9-11(2)3/h7-8,10-11,15H,4-6,9H2,1-3H3. The molecule has 0 aliphatic carbocycles. The van der Waals surface area contributed by atoms with E-state index in [-0.39, 0.29) is 0 Å². The first-order chi connectivity index (χ1) is 7.13. The largest absolute Gasteiger partial charge is 0.508 e. The summed E-state index contributed by atoms with van der Waals surface area (Å²) in [6.07, 6.45) is 4.61. The van der Waals surface area contributed by atoms with Crippen molar-refractivity contribution in [3.05, 3.63) is 29.3 Å². The molecule has 0 radical (unpaired) electrons. The summed E-state index contributed by atoms with van der Waals surface area (Å²) in [7, 11) is 0. The van der Waals surface area contributed by atoms with Crippen LogP contribution in [0, 0.1) is 5.92 Å². The second-order valence-electron chi connectivity index (χ2n) is 4.65. The molecule has 1 nitrogen and oxygen atoms in total. The van der Waals surface area contributed by atoms with Gasteiger partial charge in [0.25, 0.3) is 0 Å². The van der Waals surface area contributed by atoms with Crippen LogP contribution >= 0.6 is 0 Å². The van der Waals surface area contributed by atoms with E-state index in [1.54, 1.807) is 6.07 Å². The molecule has 0 saturated carbocycles. The zero-order chi connectivity index (χ0) is 11.3. The van der Waals surface area contributed by atoms with E-state index in [0.717, 1.165) is 12.8 Å². The second kappa shape index (κ2) is 5.79. The van der Waals surface area contributed by atoms with Crippen LogP contribution in [-0.2, 0) is 12.8 Å². The fourth-order valence-corrected chi connectivity index (χ4v) is 1.85. The van der Waals surface area contributed by atoms with Crippen molar-refractivity contribution < 1.29 is 5.11 Å². The molecular weight excluding hydrogens is 184 g/mol. The number of benzene rings is 1. The van der Waals surface area contributed by atoms with Crippen LogP contribution in [0.2, 0.25) is 0 Å². The lowest BCUT2D eigenvalue weighted by Gasteiger charge is -2.11. The zero-order valence-corrected chi connectivity index (χ0v) is 10.1. The number of phenols is 1. The minimum Gasteiger partial charge on any atom is -0.508 e. The van der Waals surface area contributed by atoms with Gasteiger partial charge in [-0.25, -0.2) is 0 Å². The average Bonchev–Trinajstić information content (AvgIpc) is 2.18. The number of aromatic hydroxyl groups is 1. The molecule has 0 atom stereocenters. The second-order valence-corrected chi connectivity index (χ2v) is 4.65. The fraction of sp³-hybridized carbons (Fsp3) is 0.571. The molecule has 0 aromatic heterocycles. The minimum atomic E-state index is 0.397. The topological polar surface area (TPSA) is 20.2 Å². The highest BCUT2D eigenvalue weighted by Crippen LogP contribution is 2.21. The van der Waals surface area contributed by atoms with Crippen LogP contribution in [-0.4, -0.2) is 5.11 Å². The highest BCUT2D eigenvalue weighted by atomic mass is 16.3. The van der Waals surface area contributed by atoms with Crippen molar-refractivity contribution in [2.75, 3.05) is 0 Å². The molecule has 0 amide bonds. The van der Waals surface area contributed by atoms with E-state index in [1.807, 2.05) is 6.07 Å². The minimum absolute atomic E-state index is 0.397. The average molecular weight is 206 g/mol. The van der Waals surface area contributed by atoms with Crippen LogP contribution < -0.4 is 0 Å². The summed E-state index contributed by atoms with van der Waals surface area (Å²) in [5, 5.41) is 9.47. The molecule has 15 heavy (non-hydrogen) atoms. The number of phenolic OH excluding ortho intramolecular Hbond substituents is 1. The summed E-state index contributed by atoms with van der Waals surface area (Å²) in [5.41, 5.74) is 2.72. The molecule has 0 aliphatic heterocycles. The van der Waals surface area contributed by atoms with Gasteiger partial charge in [-0.05, 0) is 48.4 Å². The maximum Gasteiger partial charge on any atom is 0.115 e. The predicted octanol–water partition coefficient (Wildman–Crippen LogP) is 3.93. The van der Waals surface area contributed by atoms with E-state index in [4.69, 9.17) is 0 Å². The Morgan fingerprint density at radius 1 is 1.20 bits per heavy atom. The van der Waals surface area contributed by atoms with Gasteiger partial charge in [-0.2, -0.15) is 0 Å². The maximum absolute atomic E-state index is 9.47. The molecule has 0 heterocycles. The third-order valence-electron chi connectivity index (χ3n) is 2.62. The van der Waals surface area contributed by atoms with Crippen LogP contribution in [0.15, 0.2) is 18.2 Å². The van der Waals surface area contributed by atoms with E-state index in [9.17, 15) is 5.11 Å². The lowest BCUT2D eigenvalue weighted by atomic mass is 9.95. The van der Waals surface area contributed by atoms with Crippen molar-refractivity contribution in [3.63, 3.8) is 0 Å². The predicted molar refractivity (Wildman–Crippen MR) is 65.3 cm³/mol. The van der Waals surface area contributed by atoms with Crippen LogP contribution in [0.25, 0.3) is 0 Å². The van der Waals surface area contributed by atoms with Crippen LogP contribution in [0.3, 0.4) is 0 Å². The van der Waals surface area contributed by atoms with Gasteiger partial charge in [-0.15, -0.1) is 0 Å². The highest BCUT2D eigenvalue weighted by molar-refractivity contribution is 5.35. The molecule has 1 aromatic rings. The Balaban J connectivity index is 2.82. The molecule has 0 spiro atoms. The molecule has 0 unspecified atom stereocenters. The Labute approximate surface area is 93.1 Å².